The van der Waals surface area contributed by atoms with Crippen LogP contribution in [0.5, 0.6) is 0 Å². The number of para-hydroxylation sites is 3. The lowest BCUT2D eigenvalue weighted by molar-refractivity contribution is -0.118. The zero-order valence-corrected chi connectivity index (χ0v) is 19.8. The maximum absolute atomic E-state index is 13.5. The summed E-state index contributed by atoms with van der Waals surface area (Å²) in [5.74, 6) is -0.695. The number of benzene rings is 3. The molecule has 6 aromatic rings. The molecule has 0 bridgehead atoms. The van der Waals surface area contributed by atoms with Gasteiger partial charge in [0.05, 0.1) is 28.5 Å². The third kappa shape index (κ3) is 4.62. The average Bonchev–Trinajstić information content (AvgIpc) is 3.35. The molecule has 3 aromatic carbocycles. The first-order valence-corrected chi connectivity index (χ1v) is 12.0. The first kappa shape index (κ1) is 22.4. The molecule has 2 amide bonds. The number of fused-ring (bicyclic) bond motifs is 3. The van der Waals surface area contributed by atoms with Crippen LogP contribution in [0.2, 0.25) is 0 Å². The molecule has 6 rings (SSSR count). The molecule has 0 saturated heterocycles. The monoisotopic (exact) mass is 485 g/mol. The topological polar surface area (TPSA) is 99.8 Å². The van der Waals surface area contributed by atoms with Gasteiger partial charge in [-0.1, -0.05) is 54.6 Å². The second-order valence-electron chi connectivity index (χ2n) is 8.91. The number of nitrogens with one attached hydrogen (secondary N) is 3. The van der Waals surface area contributed by atoms with Crippen molar-refractivity contribution in [3.05, 3.63) is 115 Å². The molecule has 7 nitrogen and oxygen atoms in total. The number of amides is 2. The predicted molar refractivity (Wildman–Crippen MR) is 145 cm³/mol. The number of nitrogens with zero attached hydrogens (tertiary/aromatic N) is 2. The fraction of sp³-hybridized carbons (Fsp3) is 0.0667. The Morgan fingerprint density at radius 2 is 1.49 bits per heavy atom. The molecule has 3 aromatic heterocycles. The molecule has 0 aliphatic carbocycles. The molecule has 37 heavy (non-hydrogen) atoms. The number of hydrogen-bond donors (Lipinski definition) is 3. The third-order valence-electron chi connectivity index (χ3n) is 6.43. The van der Waals surface area contributed by atoms with Crippen LogP contribution in [-0.2, 0) is 11.2 Å². The van der Waals surface area contributed by atoms with Crippen molar-refractivity contribution in [1.82, 2.24) is 20.3 Å². The SMILES string of the molecule is O=C(N[C@@H](Cc1c[nH]c2ccccc12)C(=O)Nc1cnc2ccccc2c1)c1cnc2ccccc2c1. The summed E-state index contributed by atoms with van der Waals surface area (Å²) in [5, 5.41) is 8.65. The Morgan fingerprint density at radius 3 is 2.30 bits per heavy atom. The van der Waals surface area contributed by atoms with Crippen molar-refractivity contribution < 1.29 is 9.59 Å². The minimum absolute atomic E-state index is 0.309. The van der Waals surface area contributed by atoms with Crippen LogP contribution in [-0.4, -0.2) is 32.8 Å². The Balaban J connectivity index is 1.30. The quantitative estimate of drug-likeness (QED) is 0.300. The first-order valence-electron chi connectivity index (χ1n) is 12.0. The number of hydrogen-bond acceptors (Lipinski definition) is 4. The Morgan fingerprint density at radius 1 is 0.811 bits per heavy atom. The van der Waals surface area contributed by atoms with Gasteiger partial charge in [-0.3, -0.25) is 19.6 Å². The van der Waals surface area contributed by atoms with Crippen molar-refractivity contribution in [3.8, 4) is 0 Å². The molecule has 0 aliphatic rings. The highest BCUT2D eigenvalue weighted by atomic mass is 16.2. The van der Waals surface area contributed by atoms with Crippen molar-refractivity contribution in [2.75, 3.05) is 5.32 Å². The summed E-state index contributed by atoms with van der Waals surface area (Å²) in [5.41, 5.74) is 4.51. The molecule has 0 spiro atoms. The number of carbonyl (C=O) groups is 2. The molecule has 0 saturated carbocycles. The zero-order valence-electron chi connectivity index (χ0n) is 19.8. The summed E-state index contributed by atoms with van der Waals surface area (Å²) in [7, 11) is 0. The second-order valence-corrected chi connectivity index (χ2v) is 8.91. The lowest BCUT2D eigenvalue weighted by Crippen LogP contribution is -2.45. The summed E-state index contributed by atoms with van der Waals surface area (Å²) in [6.45, 7) is 0. The average molecular weight is 486 g/mol. The molecule has 0 unspecified atom stereocenters. The van der Waals surface area contributed by atoms with E-state index in [9.17, 15) is 9.59 Å². The number of carbonyl (C=O) groups excluding carboxylic acids is 2. The largest absolute Gasteiger partial charge is 0.361 e. The molecular formula is C30H23N5O2. The van der Waals surface area contributed by atoms with Gasteiger partial charge in [-0.15, -0.1) is 0 Å². The number of aromatic nitrogens is 3. The highest BCUT2D eigenvalue weighted by Gasteiger charge is 2.24. The molecule has 3 heterocycles. The van der Waals surface area contributed by atoms with Crippen LogP contribution in [0.1, 0.15) is 15.9 Å². The maximum Gasteiger partial charge on any atom is 0.253 e. The smallest absolute Gasteiger partial charge is 0.253 e. The van der Waals surface area contributed by atoms with Crippen molar-refractivity contribution in [1.29, 1.82) is 0 Å². The van der Waals surface area contributed by atoms with Gasteiger partial charge in [-0.2, -0.15) is 0 Å². The van der Waals surface area contributed by atoms with E-state index in [4.69, 9.17) is 0 Å². The Hall–Kier alpha value is -5.04. The summed E-state index contributed by atoms with van der Waals surface area (Å²) >= 11 is 0. The lowest BCUT2D eigenvalue weighted by atomic mass is 10.0. The minimum Gasteiger partial charge on any atom is -0.361 e. The molecule has 1 atom stereocenters. The Kier molecular flexibility index (Phi) is 5.78. The van der Waals surface area contributed by atoms with E-state index >= 15 is 0 Å². The molecular weight excluding hydrogens is 462 g/mol. The predicted octanol–water partition coefficient (Wildman–Crippen LogP) is 5.24. The fourth-order valence-electron chi connectivity index (χ4n) is 4.54. The zero-order chi connectivity index (χ0) is 25.2. The lowest BCUT2D eigenvalue weighted by Gasteiger charge is -2.19. The fourth-order valence-corrected chi connectivity index (χ4v) is 4.54. The van der Waals surface area contributed by atoms with Crippen LogP contribution < -0.4 is 10.6 Å². The van der Waals surface area contributed by atoms with Gasteiger partial charge in [0.25, 0.3) is 5.91 Å². The van der Waals surface area contributed by atoms with Gasteiger partial charge in [-0.25, -0.2) is 0 Å². The van der Waals surface area contributed by atoms with Crippen molar-refractivity contribution >= 4 is 50.2 Å². The van der Waals surface area contributed by atoms with Crippen molar-refractivity contribution in [2.24, 2.45) is 0 Å². The summed E-state index contributed by atoms with van der Waals surface area (Å²) in [6.07, 6.45) is 5.35. The number of anilines is 1. The van der Waals surface area contributed by atoms with Gasteiger partial charge >= 0.3 is 0 Å². The normalized spacial score (nSPS) is 12.0. The number of pyridine rings is 2. The third-order valence-corrected chi connectivity index (χ3v) is 6.43. The summed E-state index contributed by atoms with van der Waals surface area (Å²) < 4.78 is 0. The van der Waals surface area contributed by atoms with Crippen LogP contribution in [0.4, 0.5) is 5.69 Å². The maximum atomic E-state index is 13.5. The number of aromatic amines is 1. The summed E-state index contributed by atoms with van der Waals surface area (Å²) in [6, 6.07) is 26.0. The van der Waals surface area contributed by atoms with E-state index in [1.165, 1.54) is 6.20 Å². The van der Waals surface area contributed by atoms with E-state index in [1.807, 2.05) is 85.1 Å². The van der Waals surface area contributed by atoms with Crippen LogP contribution in [0.3, 0.4) is 0 Å². The minimum atomic E-state index is -0.829. The first-order chi connectivity index (χ1) is 18.1. The van der Waals surface area contributed by atoms with Gasteiger partial charge < -0.3 is 15.6 Å². The standard InChI is InChI=1S/C30H23N5O2/c36-29(22-13-19-7-1-4-10-25(19)31-17-22)35-28(15-21-16-32-27-12-6-3-9-24(21)27)30(37)34-23-14-20-8-2-5-11-26(20)33-18-23/h1-14,16-18,28,32H,15H2,(H,34,37)(H,35,36)/t28-/m0/s1. The van der Waals surface area contributed by atoms with Gasteiger partial charge in [-0.05, 0) is 35.9 Å². The van der Waals surface area contributed by atoms with Gasteiger partial charge in [0.1, 0.15) is 6.04 Å². The van der Waals surface area contributed by atoms with Crippen LogP contribution in [0, 0.1) is 0 Å². The number of H-pyrrole nitrogens is 1. The highest BCUT2D eigenvalue weighted by molar-refractivity contribution is 6.03. The van der Waals surface area contributed by atoms with Crippen LogP contribution in [0.25, 0.3) is 32.7 Å². The molecule has 0 fully saturated rings. The van der Waals surface area contributed by atoms with E-state index in [2.05, 4.69) is 25.6 Å². The van der Waals surface area contributed by atoms with Crippen molar-refractivity contribution in [2.45, 2.75) is 12.5 Å². The van der Waals surface area contributed by atoms with Crippen molar-refractivity contribution in [3.63, 3.8) is 0 Å². The molecule has 7 heteroatoms. The van der Waals surface area contributed by atoms with E-state index in [0.717, 1.165) is 38.3 Å². The highest BCUT2D eigenvalue weighted by Crippen LogP contribution is 2.21. The molecule has 0 aliphatic heterocycles. The van der Waals surface area contributed by atoms with Crippen LogP contribution >= 0.6 is 0 Å². The van der Waals surface area contributed by atoms with Gasteiger partial charge in [0, 0.05) is 40.5 Å². The van der Waals surface area contributed by atoms with E-state index in [-0.39, 0.29) is 11.8 Å². The van der Waals surface area contributed by atoms with Crippen LogP contribution in [0.15, 0.2) is 104 Å². The van der Waals surface area contributed by atoms with E-state index in [0.29, 0.717) is 17.7 Å². The van der Waals surface area contributed by atoms with Gasteiger partial charge in [0.2, 0.25) is 5.91 Å². The van der Waals surface area contributed by atoms with E-state index in [1.54, 1.807) is 12.3 Å². The second kappa shape index (κ2) is 9.54. The molecule has 0 radical (unpaired) electrons. The Labute approximate surface area is 212 Å². The molecule has 180 valence electrons. The molecule has 3 N–H and O–H groups in total. The Bertz CT molecular complexity index is 1770. The van der Waals surface area contributed by atoms with Gasteiger partial charge in [0.15, 0.2) is 0 Å². The van der Waals surface area contributed by atoms with E-state index < -0.39 is 6.04 Å². The number of rotatable bonds is 6. The summed E-state index contributed by atoms with van der Waals surface area (Å²) in [4.78, 5) is 38.9.